The number of halogens is 2. The van der Waals surface area contributed by atoms with Gasteiger partial charge in [-0.15, -0.1) is 0 Å². The molecular formula is C18H14BrFN2O2. The molecule has 0 unspecified atom stereocenters. The van der Waals surface area contributed by atoms with E-state index in [-0.39, 0.29) is 18.1 Å². The Labute approximate surface area is 146 Å². The van der Waals surface area contributed by atoms with Crippen molar-refractivity contribution < 1.29 is 13.6 Å². The van der Waals surface area contributed by atoms with Gasteiger partial charge in [0.15, 0.2) is 0 Å². The van der Waals surface area contributed by atoms with Gasteiger partial charge < -0.3 is 9.73 Å². The predicted octanol–water partition coefficient (Wildman–Crippen LogP) is 4.73. The molecule has 1 amide bonds. The van der Waals surface area contributed by atoms with Crippen LogP contribution in [0.1, 0.15) is 11.5 Å². The van der Waals surface area contributed by atoms with E-state index in [0.717, 1.165) is 4.47 Å². The topological polar surface area (TPSA) is 55.1 Å². The van der Waals surface area contributed by atoms with Gasteiger partial charge in [-0.25, -0.2) is 9.37 Å². The van der Waals surface area contributed by atoms with Crippen molar-refractivity contribution in [2.45, 2.75) is 13.3 Å². The highest BCUT2D eigenvalue weighted by molar-refractivity contribution is 9.10. The summed E-state index contributed by atoms with van der Waals surface area (Å²) in [5.74, 6) is 0.288. The summed E-state index contributed by atoms with van der Waals surface area (Å²) >= 11 is 3.34. The first kappa shape index (κ1) is 16.4. The maximum Gasteiger partial charge on any atom is 0.230 e. The van der Waals surface area contributed by atoms with Crippen LogP contribution in [0.15, 0.2) is 57.4 Å². The number of hydrogen-bond acceptors (Lipinski definition) is 3. The molecule has 0 saturated carbocycles. The molecule has 0 fully saturated rings. The Bertz CT molecular complexity index is 875. The molecule has 24 heavy (non-hydrogen) atoms. The summed E-state index contributed by atoms with van der Waals surface area (Å²) in [5, 5.41) is 2.80. The number of anilines is 1. The Morgan fingerprint density at radius 3 is 2.71 bits per heavy atom. The molecule has 4 nitrogen and oxygen atoms in total. The molecule has 0 aliphatic heterocycles. The summed E-state index contributed by atoms with van der Waals surface area (Å²) < 4.78 is 19.8. The fraction of sp³-hybridized carbons (Fsp3) is 0.111. The lowest BCUT2D eigenvalue weighted by Gasteiger charge is -2.04. The van der Waals surface area contributed by atoms with Gasteiger partial charge in [0.05, 0.1) is 12.1 Å². The molecule has 0 saturated heterocycles. The van der Waals surface area contributed by atoms with E-state index in [1.54, 1.807) is 31.2 Å². The molecule has 1 N–H and O–H groups in total. The highest BCUT2D eigenvalue weighted by Crippen LogP contribution is 2.23. The SMILES string of the molecule is Cc1oc(-c2cccc(F)c2)nc1CC(=O)Nc1ccc(Br)cc1. The van der Waals surface area contributed by atoms with Crippen LogP contribution in [0.4, 0.5) is 10.1 Å². The van der Waals surface area contributed by atoms with E-state index in [0.29, 0.717) is 28.6 Å². The van der Waals surface area contributed by atoms with Crippen molar-refractivity contribution in [3.05, 3.63) is 70.3 Å². The Morgan fingerprint density at radius 1 is 1.25 bits per heavy atom. The Balaban J connectivity index is 1.73. The number of carbonyl (C=O) groups excluding carboxylic acids is 1. The minimum atomic E-state index is -0.363. The van der Waals surface area contributed by atoms with Crippen molar-refractivity contribution in [2.75, 3.05) is 5.32 Å². The van der Waals surface area contributed by atoms with E-state index in [1.807, 2.05) is 12.1 Å². The molecule has 1 aromatic heterocycles. The lowest BCUT2D eigenvalue weighted by Crippen LogP contribution is -2.15. The number of benzene rings is 2. The smallest absolute Gasteiger partial charge is 0.230 e. The van der Waals surface area contributed by atoms with Gasteiger partial charge >= 0.3 is 0 Å². The second kappa shape index (κ2) is 6.97. The average molecular weight is 389 g/mol. The number of aromatic nitrogens is 1. The van der Waals surface area contributed by atoms with E-state index in [4.69, 9.17) is 4.42 Å². The molecule has 0 atom stereocenters. The maximum atomic E-state index is 13.3. The summed E-state index contributed by atoms with van der Waals surface area (Å²) in [4.78, 5) is 16.5. The van der Waals surface area contributed by atoms with Crippen LogP contribution < -0.4 is 5.32 Å². The van der Waals surface area contributed by atoms with Crippen molar-refractivity contribution in [1.29, 1.82) is 0 Å². The normalized spacial score (nSPS) is 10.6. The quantitative estimate of drug-likeness (QED) is 0.702. The monoisotopic (exact) mass is 388 g/mol. The molecule has 0 bridgehead atoms. The minimum Gasteiger partial charge on any atom is -0.441 e. The Morgan fingerprint density at radius 2 is 2.00 bits per heavy atom. The first-order valence-electron chi connectivity index (χ1n) is 7.29. The molecule has 0 radical (unpaired) electrons. The van der Waals surface area contributed by atoms with Crippen LogP contribution in [-0.2, 0) is 11.2 Å². The number of nitrogens with one attached hydrogen (secondary N) is 1. The molecule has 0 aliphatic rings. The van der Waals surface area contributed by atoms with E-state index in [2.05, 4.69) is 26.2 Å². The number of nitrogens with zero attached hydrogens (tertiary/aromatic N) is 1. The van der Waals surface area contributed by atoms with Crippen molar-refractivity contribution in [3.8, 4) is 11.5 Å². The molecule has 3 rings (SSSR count). The standard InChI is InChI=1S/C18H14BrFN2O2/c1-11-16(10-17(23)21-15-7-5-13(19)6-8-15)22-18(24-11)12-3-2-4-14(20)9-12/h2-9H,10H2,1H3,(H,21,23). The number of amides is 1. The second-order valence-corrected chi connectivity index (χ2v) is 6.18. The van der Waals surface area contributed by atoms with Crippen LogP contribution in [0.25, 0.3) is 11.5 Å². The number of carbonyl (C=O) groups is 1. The van der Waals surface area contributed by atoms with E-state index in [1.165, 1.54) is 12.1 Å². The summed E-state index contributed by atoms with van der Waals surface area (Å²) in [6, 6.07) is 13.3. The van der Waals surface area contributed by atoms with Crippen LogP contribution in [0, 0.1) is 12.7 Å². The molecular weight excluding hydrogens is 375 g/mol. The number of aryl methyl sites for hydroxylation is 1. The second-order valence-electron chi connectivity index (χ2n) is 5.26. The third-order valence-corrected chi connectivity index (χ3v) is 3.95. The van der Waals surface area contributed by atoms with Gasteiger partial charge in [-0.2, -0.15) is 0 Å². The summed E-state index contributed by atoms with van der Waals surface area (Å²) in [6.07, 6.45) is 0.0840. The van der Waals surface area contributed by atoms with E-state index in [9.17, 15) is 9.18 Å². The summed E-state index contributed by atoms with van der Waals surface area (Å²) in [5.41, 5.74) is 1.77. The fourth-order valence-electron chi connectivity index (χ4n) is 2.23. The van der Waals surface area contributed by atoms with Crippen LogP contribution in [0.2, 0.25) is 0 Å². The van der Waals surface area contributed by atoms with Crippen molar-refractivity contribution in [1.82, 2.24) is 4.98 Å². The average Bonchev–Trinajstić information content (AvgIpc) is 2.90. The van der Waals surface area contributed by atoms with Gasteiger partial charge in [0.25, 0.3) is 0 Å². The van der Waals surface area contributed by atoms with Crippen molar-refractivity contribution in [2.24, 2.45) is 0 Å². The zero-order chi connectivity index (χ0) is 17.1. The first-order chi connectivity index (χ1) is 11.5. The number of oxazole rings is 1. The zero-order valence-electron chi connectivity index (χ0n) is 12.8. The predicted molar refractivity (Wildman–Crippen MR) is 93.1 cm³/mol. The molecule has 2 aromatic carbocycles. The van der Waals surface area contributed by atoms with E-state index < -0.39 is 0 Å². The van der Waals surface area contributed by atoms with Crippen LogP contribution in [-0.4, -0.2) is 10.9 Å². The number of hydrogen-bond donors (Lipinski definition) is 1. The first-order valence-corrected chi connectivity index (χ1v) is 8.08. The summed E-state index contributed by atoms with van der Waals surface area (Å²) in [7, 11) is 0. The van der Waals surface area contributed by atoms with Gasteiger partial charge in [-0.05, 0) is 49.4 Å². The molecule has 0 aliphatic carbocycles. The van der Waals surface area contributed by atoms with Gasteiger partial charge in [-0.3, -0.25) is 4.79 Å². The highest BCUT2D eigenvalue weighted by atomic mass is 79.9. The lowest BCUT2D eigenvalue weighted by atomic mass is 10.2. The van der Waals surface area contributed by atoms with Gasteiger partial charge in [0, 0.05) is 15.7 Å². The number of rotatable bonds is 4. The lowest BCUT2D eigenvalue weighted by molar-refractivity contribution is -0.115. The molecule has 1 heterocycles. The Hall–Kier alpha value is -2.47. The highest BCUT2D eigenvalue weighted by Gasteiger charge is 2.15. The molecule has 6 heteroatoms. The van der Waals surface area contributed by atoms with Gasteiger partial charge in [0.1, 0.15) is 11.6 Å². The minimum absolute atomic E-state index is 0.0840. The summed E-state index contributed by atoms with van der Waals surface area (Å²) in [6.45, 7) is 1.73. The van der Waals surface area contributed by atoms with Crippen molar-refractivity contribution >= 4 is 27.5 Å². The van der Waals surface area contributed by atoms with Crippen molar-refractivity contribution in [3.63, 3.8) is 0 Å². The molecule has 0 spiro atoms. The van der Waals surface area contributed by atoms with E-state index >= 15 is 0 Å². The third-order valence-electron chi connectivity index (χ3n) is 3.42. The van der Waals surface area contributed by atoms with Crippen LogP contribution in [0.3, 0.4) is 0 Å². The Kier molecular flexibility index (Phi) is 4.76. The van der Waals surface area contributed by atoms with Gasteiger partial charge in [0.2, 0.25) is 11.8 Å². The zero-order valence-corrected chi connectivity index (χ0v) is 14.4. The molecule has 3 aromatic rings. The van der Waals surface area contributed by atoms with Crippen LogP contribution in [0.5, 0.6) is 0 Å². The van der Waals surface area contributed by atoms with Crippen LogP contribution >= 0.6 is 15.9 Å². The maximum absolute atomic E-state index is 13.3. The largest absolute Gasteiger partial charge is 0.441 e. The van der Waals surface area contributed by atoms with Gasteiger partial charge in [-0.1, -0.05) is 22.0 Å². The third kappa shape index (κ3) is 3.89. The molecule has 122 valence electrons. The fourth-order valence-corrected chi connectivity index (χ4v) is 2.49.